The zero-order valence-corrected chi connectivity index (χ0v) is 7.35. The molecule has 0 atom stereocenters. The second-order valence-corrected chi connectivity index (χ2v) is 3.27. The summed E-state index contributed by atoms with van der Waals surface area (Å²) < 4.78 is 30.3. The molecule has 0 aromatic heterocycles. The van der Waals surface area contributed by atoms with Crippen molar-refractivity contribution >= 4 is 0 Å². The Morgan fingerprint density at radius 1 is 1.33 bits per heavy atom. The Morgan fingerprint density at radius 2 is 1.92 bits per heavy atom. The highest BCUT2D eigenvalue weighted by atomic mass is 19.3. The van der Waals surface area contributed by atoms with Gasteiger partial charge in [0.2, 0.25) is 0 Å². The molecule has 4 heteroatoms. The van der Waals surface area contributed by atoms with Gasteiger partial charge in [-0.25, -0.2) is 8.78 Å². The quantitative estimate of drug-likeness (QED) is 0.646. The number of alkyl halides is 2. The Kier molecular flexibility index (Phi) is 3.40. The zero-order chi connectivity index (χ0) is 9.03. The first-order valence-electron chi connectivity index (χ1n) is 4.23. The SMILES string of the molecule is COCC(F)(F)CN1CCCC1. The molecule has 0 bridgehead atoms. The Labute approximate surface area is 71.5 Å². The third-order valence-electron chi connectivity index (χ3n) is 2.01. The van der Waals surface area contributed by atoms with Crippen LogP contribution in [-0.2, 0) is 4.74 Å². The van der Waals surface area contributed by atoms with Gasteiger partial charge in [0.25, 0.3) is 5.92 Å². The van der Waals surface area contributed by atoms with E-state index in [9.17, 15) is 8.78 Å². The molecule has 0 aromatic carbocycles. The van der Waals surface area contributed by atoms with Crippen LogP contribution in [0.15, 0.2) is 0 Å². The molecule has 0 aromatic rings. The Hall–Kier alpha value is -0.220. The number of rotatable bonds is 4. The van der Waals surface area contributed by atoms with E-state index in [1.165, 1.54) is 7.11 Å². The molecule has 0 unspecified atom stereocenters. The molecule has 1 rings (SSSR count). The maximum atomic E-state index is 12.9. The van der Waals surface area contributed by atoms with Crippen molar-refractivity contribution in [1.82, 2.24) is 4.90 Å². The molecule has 0 amide bonds. The van der Waals surface area contributed by atoms with Gasteiger partial charge in [0, 0.05) is 7.11 Å². The first-order chi connectivity index (χ1) is 5.64. The first kappa shape index (κ1) is 9.86. The van der Waals surface area contributed by atoms with Crippen LogP contribution in [0.1, 0.15) is 12.8 Å². The van der Waals surface area contributed by atoms with E-state index >= 15 is 0 Å². The molecule has 0 spiro atoms. The highest BCUT2D eigenvalue weighted by Crippen LogP contribution is 2.18. The van der Waals surface area contributed by atoms with E-state index in [-0.39, 0.29) is 6.54 Å². The van der Waals surface area contributed by atoms with Gasteiger partial charge in [-0.1, -0.05) is 0 Å². The van der Waals surface area contributed by atoms with Crippen LogP contribution in [0.25, 0.3) is 0 Å². The van der Waals surface area contributed by atoms with Crippen LogP contribution in [0.4, 0.5) is 8.78 Å². The summed E-state index contributed by atoms with van der Waals surface area (Å²) in [6.45, 7) is 0.989. The standard InChI is InChI=1S/C8H15F2NO/c1-12-7-8(9,10)6-11-4-2-3-5-11/h2-7H2,1H3. The number of hydrogen-bond acceptors (Lipinski definition) is 2. The molecule has 0 N–H and O–H groups in total. The van der Waals surface area contributed by atoms with Gasteiger partial charge in [0.15, 0.2) is 0 Å². The van der Waals surface area contributed by atoms with Crippen molar-refractivity contribution in [2.24, 2.45) is 0 Å². The molecule has 0 aliphatic carbocycles. The normalized spacial score (nSPS) is 20.2. The fraction of sp³-hybridized carbons (Fsp3) is 1.00. The highest BCUT2D eigenvalue weighted by molar-refractivity contribution is 4.75. The molecular weight excluding hydrogens is 164 g/mol. The molecule has 2 nitrogen and oxygen atoms in total. The van der Waals surface area contributed by atoms with E-state index < -0.39 is 12.5 Å². The number of halogens is 2. The lowest BCUT2D eigenvalue weighted by Crippen LogP contribution is -2.38. The van der Waals surface area contributed by atoms with Crippen LogP contribution in [0.2, 0.25) is 0 Å². The lowest BCUT2D eigenvalue weighted by Gasteiger charge is -2.22. The largest absolute Gasteiger partial charge is 0.378 e. The average molecular weight is 179 g/mol. The van der Waals surface area contributed by atoms with Crippen LogP contribution in [0.3, 0.4) is 0 Å². The lowest BCUT2D eigenvalue weighted by molar-refractivity contribution is -0.0810. The van der Waals surface area contributed by atoms with E-state index in [1.54, 1.807) is 4.90 Å². The summed E-state index contributed by atoms with van der Waals surface area (Å²) in [5.41, 5.74) is 0. The minimum Gasteiger partial charge on any atom is -0.378 e. The number of methoxy groups -OCH3 is 1. The van der Waals surface area contributed by atoms with Gasteiger partial charge in [0.1, 0.15) is 6.61 Å². The summed E-state index contributed by atoms with van der Waals surface area (Å²) >= 11 is 0. The van der Waals surface area contributed by atoms with E-state index in [4.69, 9.17) is 0 Å². The van der Waals surface area contributed by atoms with Gasteiger partial charge in [-0.3, -0.25) is 4.90 Å². The van der Waals surface area contributed by atoms with E-state index in [0.717, 1.165) is 25.9 Å². The minimum absolute atomic E-state index is 0.152. The molecule has 0 radical (unpaired) electrons. The summed E-state index contributed by atoms with van der Waals surface area (Å²) in [6, 6.07) is 0. The van der Waals surface area contributed by atoms with E-state index in [1.807, 2.05) is 0 Å². The average Bonchev–Trinajstić information content (AvgIpc) is 2.38. The maximum absolute atomic E-state index is 12.9. The molecule has 1 saturated heterocycles. The summed E-state index contributed by atoms with van der Waals surface area (Å²) in [5.74, 6) is -2.68. The van der Waals surface area contributed by atoms with Gasteiger partial charge >= 0.3 is 0 Å². The van der Waals surface area contributed by atoms with Crippen LogP contribution in [0, 0.1) is 0 Å². The topological polar surface area (TPSA) is 12.5 Å². The number of nitrogens with zero attached hydrogens (tertiary/aromatic N) is 1. The number of ether oxygens (including phenoxy) is 1. The summed E-state index contributed by atoms with van der Waals surface area (Å²) in [5, 5.41) is 0. The van der Waals surface area contributed by atoms with Crippen LogP contribution in [-0.4, -0.2) is 44.2 Å². The highest BCUT2D eigenvalue weighted by Gasteiger charge is 2.32. The van der Waals surface area contributed by atoms with Crippen molar-refractivity contribution in [2.75, 3.05) is 33.4 Å². The predicted octanol–water partition coefficient (Wildman–Crippen LogP) is 1.36. The number of likely N-dealkylation sites (tertiary alicyclic amines) is 1. The molecule has 1 aliphatic rings. The maximum Gasteiger partial charge on any atom is 0.283 e. The molecule has 0 saturated carbocycles. The smallest absolute Gasteiger partial charge is 0.283 e. The van der Waals surface area contributed by atoms with Crippen LogP contribution < -0.4 is 0 Å². The van der Waals surface area contributed by atoms with Crippen molar-refractivity contribution in [2.45, 2.75) is 18.8 Å². The van der Waals surface area contributed by atoms with Gasteiger partial charge < -0.3 is 4.74 Å². The molecule has 1 heterocycles. The lowest BCUT2D eigenvalue weighted by atomic mass is 10.3. The van der Waals surface area contributed by atoms with Gasteiger partial charge in [-0.15, -0.1) is 0 Å². The fourth-order valence-electron chi connectivity index (χ4n) is 1.52. The Morgan fingerprint density at radius 3 is 2.42 bits per heavy atom. The Bertz CT molecular complexity index is 135. The van der Waals surface area contributed by atoms with Gasteiger partial charge in [-0.2, -0.15) is 0 Å². The number of hydrogen-bond donors (Lipinski definition) is 0. The minimum atomic E-state index is -2.68. The monoisotopic (exact) mass is 179 g/mol. The second-order valence-electron chi connectivity index (χ2n) is 3.27. The van der Waals surface area contributed by atoms with E-state index in [2.05, 4.69) is 4.74 Å². The zero-order valence-electron chi connectivity index (χ0n) is 7.35. The Balaban J connectivity index is 2.27. The van der Waals surface area contributed by atoms with Gasteiger partial charge in [0.05, 0.1) is 6.54 Å². The van der Waals surface area contributed by atoms with Crippen molar-refractivity contribution in [3.8, 4) is 0 Å². The second kappa shape index (κ2) is 4.14. The molecule has 1 aliphatic heterocycles. The van der Waals surface area contributed by atoms with Crippen molar-refractivity contribution in [3.05, 3.63) is 0 Å². The summed E-state index contributed by atoms with van der Waals surface area (Å²) in [7, 11) is 1.30. The first-order valence-corrected chi connectivity index (χ1v) is 4.23. The summed E-state index contributed by atoms with van der Waals surface area (Å²) in [6.07, 6.45) is 2.09. The van der Waals surface area contributed by atoms with Crippen molar-refractivity contribution < 1.29 is 13.5 Å². The summed E-state index contributed by atoms with van der Waals surface area (Å²) in [4.78, 5) is 1.79. The van der Waals surface area contributed by atoms with Crippen LogP contribution >= 0.6 is 0 Å². The van der Waals surface area contributed by atoms with Crippen LogP contribution in [0.5, 0.6) is 0 Å². The van der Waals surface area contributed by atoms with Crippen molar-refractivity contribution in [3.63, 3.8) is 0 Å². The third-order valence-corrected chi connectivity index (χ3v) is 2.01. The van der Waals surface area contributed by atoms with Gasteiger partial charge in [-0.05, 0) is 25.9 Å². The molecule has 1 fully saturated rings. The predicted molar refractivity (Wildman–Crippen MR) is 42.5 cm³/mol. The van der Waals surface area contributed by atoms with E-state index in [0.29, 0.717) is 0 Å². The molecule has 72 valence electrons. The fourth-order valence-corrected chi connectivity index (χ4v) is 1.52. The van der Waals surface area contributed by atoms with Crippen molar-refractivity contribution in [1.29, 1.82) is 0 Å². The molecular formula is C8H15F2NO. The molecule has 12 heavy (non-hydrogen) atoms. The third kappa shape index (κ3) is 3.03.